The summed E-state index contributed by atoms with van der Waals surface area (Å²) in [5.74, 6) is 0.601. The summed E-state index contributed by atoms with van der Waals surface area (Å²) in [5.41, 5.74) is 1.05. The van der Waals surface area contributed by atoms with Crippen LogP contribution in [0.5, 0.6) is 0 Å². The van der Waals surface area contributed by atoms with Gasteiger partial charge in [0.15, 0.2) is 0 Å². The fourth-order valence-electron chi connectivity index (χ4n) is 2.72. The van der Waals surface area contributed by atoms with Crippen LogP contribution in [0, 0.1) is 5.92 Å². The maximum Gasteiger partial charge on any atom is 0.240 e. The van der Waals surface area contributed by atoms with E-state index in [-0.39, 0.29) is 12.6 Å². The summed E-state index contributed by atoms with van der Waals surface area (Å²) in [6.45, 7) is 2.31. The molecule has 0 amide bonds. The van der Waals surface area contributed by atoms with Crippen molar-refractivity contribution in [1.29, 1.82) is 0 Å². The summed E-state index contributed by atoms with van der Waals surface area (Å²) < 4.78 is 27.3. The van der Waals surface area contributed by atoms with Crippen molar-refractivity contribution in [2.24, 2.45) is 5.92 Å². The summed E-state index contributed by atoms with van der Waals surface area (Å²) in [5, 5.41) is 8.79. The molecule has 0 heterocycles. The van der Waals surface area contributed by atoms with Gasteiger partial charge in [0, 0.05) is 12.6 Å². The van der Waals surface area contributed by atoms with Gasteiger partial charge in [-0.25, -0.2) is 13.1 Å². The molecule has 1 saturated carbocycles. The Labute approximate surface area is 121 Å². The van der Waals surface area contributed by atoms with E-state index in [9.17, 15) is 8.42 Å². The highest BCUT2D eigenvalue weighted by Gasteiger charge is 2.26. The van der Waals surface area contributed by atoms with Gasteiger partial charge in [-0.1, -0.05) is 19.1 Å². The first-order valence-electron chi connectivity index (χ1n) is 7.23. The lowest BCUT2D eigenvalue weighted by molar-refractivity contribution is 0.288. The van der Waals surface area contributed by atoms with E-state index in [1.807, 2.05) is 12.1 Å². The van der Waals surface area contributed by atoms with Gasteiger partial charge in [-0.05, 0) is 55.7 Å². The molecule has 2 rings (SSSR count). The van der Waals surface area contributed by atoms with Crippen LogP contribution in [0.2, 0.25) is 0 Å². The van der Waals surface area contributed by atoms with Gasteiger partial charge < -0.3 is 5.11 Å². The van der Waals surface area contributed by atoms with Crippen LogP contribution in [0.3, 0.4) is 0 Å². The van der Waals surface area contributed by atoms with Crippen LogP contribution >= 0.6 is 0 Å². The largest absolute Gasteiger partial charge is 0.396 e. The zero-order chi connectivity index (χ0) is 14.6. The third-order valence-electron chi connectivity index (χ3n) is 3.87. The molecule has 5 heteroatoms. The van der Waals surface area contributed by atoms with E-state index in [2.05, 4.69) is 11.6 Å². The average Bonchev–Trinajstić information content (AvgIpc) is 2.81. The number of aliphatic hydroxyl groups excluding tert-OH is 1. The second-order valence-electron chi connectivity index (χ2n) is 5.71. The second-order valence-corrected chi connectivity index (χ2v) is 7.42. The maximum atomic E-state index is 12.3. The molecule has 4 nitrogen and oxygen atoms in total. The smallest absolute Gasteiger partial charge is 0.240 e. The number of aliphatic hydroxyl groups is 1. The lowest BCUT2D eigenvalue weighted by Crippen LogP contribution is -2.32. The molecule has 1 fully saturated rings. The van der Waals surface area contributed by atoms with E-state index in [4.69, 9.17) is 5.11 Å². The Balaban J connectivity index is 2.01. The summed E-state index contributed by atoms with van der Waals surface area (Å²) in [7, 11) is -3.40. The topological polar surface area (TPSA) is 66.4 Å². The van der Waals surface area contributed by atoms with Gasteiger partial charge >= 0.3 is 0 Å². The molecule has 2 unspecified atom stereocenters. The lowest BCUT2D eigenvalue weighted by atomic mass is 10.1. The molecule has 112 valence electrons. The Kier molecular flexibility index (Phi) is 5.18. The van der Waals surface area contributed by atoms with E-state index in [1.165, 1.54) is 0 Å². The Bertz CT molecular complexity index is 525. The average molecular weight is 297 g/mol. The van der Waals surface area contributed by atoms with Crippen molar-refractivity contribution in [2.75, 3.05) is 6.61 Å². The van der Waals surface area contributed by atoms with Crippen LogP contribution in [-0.2, 0) is 16.4 Å². The molecule has 20 heavy (non-hydrogen) atoms. The molecule has 0 bridgehead atoms. The zero-order valence-corrected chi connectivity index (χ0v) is 12.7. The first-order chi connectivity index (χ1) is 9.51. The second kappa shape index (κ2) is 6.70. The summed E-state index contributed by atoms with van der Waals surface area (Å²) in [6, 6.07) is 7.01. The Morgan fingerprint density at radius 1 is 1.25 bits per heavy atom. The molecule has 2 atom stereocenters. The SMILES string of the molecule is CC1CCC(NS(=O)(=O)c2ccc(CCCO)cc2)C1. The van der Waals surface area contributed by atoms with Crippen LogP contribution in [0.1, 0.15) is 38.2 Å². The monoisotopic (exact) mass is 297 g/mol. The van der Waals surface area contributed by atoms with Crippen molar-refractivity contribution >= 4 is 10.0 Å². The molecular weight excluding hydrogens is 274 g/mol. The number of sulfonamides is 1. The number of rotatable bonds is 6. The van der Waals surface area contributed by atoms with Gasteiger partial charge in [-0.3, -0.25) is 0 Å². The zero-order valence-electron chi connectivity index (χ0n) is 11.9. The van der Waals surface area contributed by atoms with Crippen molar-refractivity contribution in [3.63, 3.8) is 0 Å². The molecule has 1 aliphatic carbocycles. The van der Waals surface area contributed by atoms with Crippen molar-refractivity contribution in [1.82, 2.24) is 4.72 Å². The number of hydrogen-bond donors (Lipinski definition) is 2. The lowest BCUT2D eigenvalue weighted by Gasteiger charge is -2.13. The van der Waals surface area contributed by atoms with E-state index in [0.717, 1.165) is 31.2 Å². The fourth-order valence-corrected chi connectivity index (χ4v) is 4.00. The van der Waals surface area contributed by atoms with E-state index in [0.29, 0.717) is 17.2 Å². The standard InChI is InChI=1S/C15H23NO3S/c1-12-4-7-14(11-12)16-20(18,19)15-8-5-13(6-9-15)3-2-10-17/h5-6,8-9,12,14,16-17H,2-4,7,10-11H2,1H3. The molecule has 0 spiro atoms. The molecular formula is C15H23NO3S. The normalized spacial score (nSPS) is 23.1. The van der Waals surface area contributed by atoms with Crippen LogP contribution in [0.15, 0.2) is 29.2 Å². The minimum Gasteiger partial charge on any atom is -0.396 e. The predicted octanol–water partition coefficient (Wildman–Crippen LogP) is 2.08. The highest BCUT2D eigenvalue weighted by atomic mass is 32.2. The first kappa shape index (κ1) is 15.5. The molecule has 1 aliphatic rings. The minimum atomic E-state index is -3.40. The van der Waals surface area contributed by atoms with Crippen molar-refractivity contribution in [3.05, 3.63) is 29.8 Å². The fraction of sp³-hybridized carbons (Fsp3) is 0.600. The third-order valence-corrected chi connectivity index (χ3v) is 5.41. The van der Waals surface area contributed by atoms with Gasteiger partial charge in [0.05, 0.1) is 4.90 Å². The number of benzene rings is 1. The van der Waals surface area contributed by atoms with Crippen molar-refractivity contribution in [3.8, 4) is 0 Å². The molecule has 0 aliphatic heterocycles. The summed E-state index contributed by atoms with van der Waals surface area (Å²) >= 11 is 0. The van der Waals surface area contributed by atoms with Crippen LogP contribution < -0.4 is 4.72 Å². The third kappa shape index (κ3) is 4.04. The van der Waals surface area contributed by atoms with Gasteiger partial charge in [0.1, 0.15) is 0 Å². The quantitative estimate of drug-likeness (QED) is 0.845. The highest BCUT2D eigenvalue weighted by molar-refractivity contribution is 7.89. The van der Waals surface area contributed by atoms with Crippen LogP contribution in [0.25, 0.3) is 0 Å². The highest BCUT2D eigenvalue weighted by Crippen LogP contribution is 2.26. The van der Waals surface area contributed by atoms with E-state index in [1.54, 1.807) is 12.1 Å². The Morgan fingerprint density at radius 2 is 1.95 bits per heavy atom. The summed E-state index contributed by atoms with van der Waals surface area (Å²) in [6.07, 6.45) is 4.41. The van der Waals surface area contributed by atoms with Gasteiger partial charge in [-0.15, -0.1) is 0 Å². The van der Waals surface area contributed by atoms with Crippen LogP contribution in [0.4, 0.5) is 0 Å². The number of nitrogens with one attached hydrogen (secondary N) is 1. The van der Waals surface area contributed by atoms with Crippen LogP contribution in [-0.4, -0.2) is 26.2 Å². The molecule has 1 aromatic carbocycles. The number of aryl methyl sites for hydroxylation is 1. The Morgan fingerprint density at radius 3 is 2.50 bits per heavy atom. The predicted molar refractivity (Wildman–Crippen MR) is 79.0 cm³/mol. The molecule has 0 radical (unpaired) electrons. The van der Waals surface area contributed by atoms with Gasteiger partial charge in [-0.2, -0.15) is 0 Å². The molecule has 2 N–H and O–H groups in total. The first-order valence-corrected chi connectivity index (χ1v) is 8.71. The Hall–Kier alpha value is -0.910. The minimum absolute atomic E-state index is 0.0732. The van der Waals surface area contributed by atoms with Gasteiger partial charge in [0.25, 0.3) is 0 Å². The van der Waals surface area contributed by atoms with Gasteiger partial charge in [0.2, 0.25) is 10.0 Å². The van der Waals surface area contributed by atoms with Crippen molar-refractivity contribution in [2.45, 2.75) is 50.0 Å². The molecule has 0 aromatic heterocycles. The van der Waals surface area contributed by atoms with Crippen molar-refractivity contribution < 1.29 is 13.5 Å². The maximum absolute atomic E-state index is 12.3. The van der Waals surface area contributed by atoms with E-state index >= 15 is 0 Å². The number of hydrogen-bond acceptors (Lipinski definition) is 3. The summed E-state index contributed by atoms with van der Waals surface area (Å²) in [4.78, 5) is 0.324. The molecule has 1 aromatic rings. The van der Waals surface area contributed by atoms with E-state index < -0.39 is 10.0 Å². The molecule has 0 saturated heterocycles.